The van der Waals surface area contributed by atoms with Crippen LogP contribution in [-0.2, 0) is 27.3 Å². The molecule has 2 fully saturated rings. The van der Waals surface area contributed by atoms with Crippen LogP contribution in [0.3, 0.4) is 0 Å². The quantitative estimate of drug-likeness (QED) is 0.542. The first-order valence-electron chi connectivity index (χ1n) is 11.2. The number of amides is 2. The molecule has 3 atom stereocenters. The molecular weight excluding hydrogens is 434 g/mol. The van der Waals surface area contributed by atoms with Gasteiger partial charge in [0, 0.05) is 4.88 Å². The van der Waals surface area contributed by atoms with Gasteiger partial charge in [0.1, 0.15) is 17.0 Å². The summed E-state index contributed by atoms with van der Waals surface area (Å²) in [6.07, 6.45) is 2.88. The molecule has 164 valence electrons. The van der Waals surface area contributed by atoms with Gasteiger partial charge < -0.3 is 0 Å². The molecule has 0 spiro atoms. The molecule has 7 heteroatoms. The monoisotopic (exact) mass is 455 g/mol. The van der Waals surface area contributed by atoms with Crippen molar-refractivity contribution in [3.8, 4) is 6.07 Å². The zero-order valence-corrected chi connectivity index (χ0v) is 18.6. The van der Waals surface area contributed by atoms with Crippen LogP contribution in [0.4, 0.5) is 10.7 Å². The minimum atomic E-state index is -0.923. The van der Waals surface area contributed by atoms with Crippen molar-refractivity contribution in [2.45, 2.75) is 37.8 Å². The molecule has 3 aromatic rings. The highest BCUT2D eigenvalue weighted by atomic mass is 32.1. The fourth-order valence-electron chi connectivity index (χ4n) is 5.23. The van der Waals surface area contributed by atoms with E-state index in [1.807, 2.05) is 60.7 Å². The van der Waals surface area contributed by atoms with Crippen LogP contribution in [0.25, 0.3) is 0 Å². The molecule has 0 saturated carbocycles. The molecule has 2 saturated heterocycles. The number of nitrogens with zero attached hydrogens (tertiary/aromatic N) is 3. The summed E-state index contributed by atoms with van der Waals surface area (Å²) in [6.45, 7) is 0. The second-order valence-corrected chi connectivity index (χ2v) is 9.67. The highest BCUT2D eigenvalue weighted by Gasteiger charge is 2.61. The highest BCUT2D eigenvalue weighted by Crippen LogP contribution is 2.50. The maximum atomic E-state index is 13.8. The number of carbonyl (C=O) groups excluding carboxylic acids is 2. The number of rotatable bonds is 3. The van der Waals surface area contributed by atoms with Crippen LogP contribution in [0.2, 0.25) is 0 Å². The Bertz CT molecular complexity index is 1280. The summed E-state index contributed by atoms with van der Waals surface area (Å²) in [5, 5.41) is 12.1. The third-order valence-corrected chi connectivity index (χ3v) is 8.01. The number of nitriles is 1. The van der Waals surface area contributed by atoms with E-state index >= 15 is 0 Å². The van der Waals surface area contributed by atoms with Crippen molar-refractivity contribution in [2.75, 3.05) is 9.96 Å². The van der Waals surface area contributed by atoms with E-state index in [-0.39, 0.29) is 11.8 Å². The SMILES string of the molecule is N#Cc1c(N2C(=O)[C@H]3[C@H](ON(c4ccccc4)[C@@H]3c3ccccc3)C2=O)sc2c1CCCC2. The third-order valence-electron chi connectivity index (χ3n) is 6.73. The normalized spacial score (nSPS) is 24.0. The number of thiophene rings is 1. The summed E-state index contributed by atoms with van der Waals surface area (Å²) in [5.74, 6) is -1.38. The Morgan fingerprint density at radius 3 is 2.36 bits per heavy atom. The number of para-hydroxylation sites is 1. The molecular formula is C26H21N3O3S. The third kappa shape index (κ3) is 3.02. The van der Waals surface area contributed by atoms with Gasteiger partial charge in [-0.1, -0.05) is 48.5 Å². The summed E-state index contributed by atoms with van der Waals surface area (Å²) in [6, 6.07) is 21.0. The van der Waals surface area contributed by atoms with Crippen molar-refractivity contribution in [3.63, 3.8) is 0 Å². The predicted octanol–water partition coefficient (Wildman–Crippen LogP) is 4.55. The van der Waals surface area contributed by atoms with Crippen molar-refractivity contribution in [1.82, 2.24) is 0 Å². The predicted molar refractivity (Wildman–Crippen MR) is 125 cm³/mol. The largest absolute Gasteiger partial charge is 0.273 e. The van der Waals surface area contributed by atoms with Gasteiger partial charge in [-0.25, -0.2) is 9.96 Å². The van der Waals surface area contributed by atoms with E-state index in [0.717, 1.165) is 47.4 Å². The van der Waals surface area contributed by atoms with Crippen molar-refractivity contribution in [2.24, 2.45) is 5.92 Å². The number of hydrogen-bond donors (Lipinski definition) is 0. The average Bonchev–Trinajstić information content (AvgIpc) is 3.50. The van der Waals surface area contributed by atoms with Gasteiger partial charge in [0.2, 0.25) is 5.91 Å². The van der Waals surface area contributed by atoms with Gasteiger partial charge in [0.05, 0.1) is 17.3 Å². The minimum Gasteiger partial charge on any atom is -0.273 e. The van der Waals surface area contributed by atoms with Gasteiger partial charge in [0.25, 0.3) is 5.91 Å². The van der Waals surface area contributed by atoms with E-state index in [9.17, 15) is 14.9 Å². The van der Waals surface area contributed by atoms with Gasteiger partial charge in [0.15, 0.2) is 6.10 Å². The van der Waals surface area contributed by atoms with Gasteiger partial charge in [-0.3, -0.25) is 14.4 Å². The van der Waals surface area contributed by atoms with Gasteiger partial charge in [-0.2, -0.15) is 5.26 Å². The molecule has 0 bridgehead atoms. The van der Waals surface area contributed by atoms with Crippen molar-refractivity contribution >= 4 is 33.8 Å². The van der Waals surface area contributed by atoms with E-state index in [4.69, 9.17) is 4.84 Å². The van der Waals surface area contributed by atoms with Crippen LogP contribution < -0.4 is 9.96 Å². The number of fused-ring (bicyclic) bond motifs is 2. The van der Waals surface area contributed by atoms with Crippen LogP contribution in [0.15, 0.2) is 60.7 Å². The Labute approximate surface area is 195 Å². The van der Waals surface area contributed by atoms with E-state index in [0.29, 0.717) is 10.6 Å². The molecule has 6 rings (SSSR count). The summed E-state index contributed by atoms with van der Waals surface area (Å²) in [7, 11) is 0. The van der Waals surface area contributed by atoms with Gasteiger partial charge in [-0.15, -0.1) is 11.3 Å². The molecule has 0 unspecified atom stereocenters. The van der Waals surface area contributed by atoms with Crippen LogP contribution in [-0.4, -0.2) is 17.9 Å². The lowest BCUT2D eigenvalue weighted by Crippen LogP contribution is -2.37. The number of hydroxylamine groups is 1. The van der Waals surface area contributed by atoms with E-state index in [1.165, 1.54) is 16.2 Å². The fourth-order valence-corrected chi connectivity index (χ4v) is 6.58. The lowest BCUT2D eigenvalue weighted by Gasteiger charge is -2.28. The molecule has 2 amide bonds. The highest BCUT2D eigenvalue weighted by molar-refractivity contribution is 7.17. The molecule has 1 aromatic heterocycles. The minimum absolute atomic E-state index is 0.299. The molecule has 2 aliphatic heterocycles. The van der Waals surface area contributed by atoms with Gasteiger partial charge in [-0.05, 0) is 48.9 Å². The number of anilines is 2. The van der Waals surface area contributed by atoms with Crippen LogP contribution in [0, 0.1) is 17.2 Å². The molecule has 33 heavy (non-hydrogen) atoms. The standard InChI is InChI=1S/C26H21N3O3S/c27-15-19-18-13-7-8-14-20(18)33-26(19)28-24(30)21-22(16-9-3-1-4-10-16)29(32-23(21)25(28)31)17-11-5-2-6-12-17/h1-6,9-12,21-23H,7-8,13-14H2/t21-,22-,23+/m1/s1. The Kier molecular flexibility index (Phi) is 4.79. The number of aryl methyl sites for hydroxylation is 1. The van der Waals surface area contributed by atoms with Crippen molar-refractivity contribution in [1.29, 1.82) is 5.26 Å². The van der Waals surface area contributed by atoms with E-state index in [2.05, 4.69) is 6.07 Å². The lowest BCUT2D eigenvalue weighted by molar-refractivity contribution is -0.126. The number of hydrogen-bond acceptors (Lipinski definition) is 6. The van der Waals surface area contributed by atoms with Gasteiger partial charge >= 0.3 is 0 Å². The lowest BCUT2D eigenvalue weighted by atomic mass is 9.90. The Balaban J connectivity index is 1.44. The number of benzene rings is 2. The summed E-state index contributed by atoms with van der Waals surface area (Å²) in [5.41, 5.74) is 3.18. The number of carbonyl (C=O) groups is 2. The zero-order chi connectivity index (χ0) is 22.5. The molecule has 2 aromatic carbocycles. The Morgan fingerprint density at radius 1 is 0.939 bits per heavy atom. The maximum Gasteiger partial charge on any atom is 0.267 e. The Hall–Kier alpha value is -3.47. The smallest absolute Gasteiger partial charge is 0.267 e. The summed E-state index contributed by atoms with van der Waals surface area (Å²) >= 11 is 1.42. The molecule has 0 radical (unpaired) electrons. The zero-order valence-electron chi connectivity index (χ0n) is 17.8. The van der Waals surface area contributed by atoms with Crippen LogP contribution in [0.1, 0.15) is 40.5 Å². The molecule has 0 N–H and O–H groups in total. The molecule has 6 nitrogen and oxygen atoms in total. The van der Waals surface area contributed by atoms with E-state index < -0.39 is 18.1 Å². The Morgan fingerprint density at radius 2 is 1.64 bits per heavy atom. The topological polar surface area (TPSA) is 73.6 Å². The first kappa shape index (κ1) is 20.2. The second kappa shape index (κ2) is 7.84. The van der Waals surface area contributed by atoms with Crippen LogP contribution in [0.5, 0.6) is 0 Å². The molecule has 3 aliphatic rings. The van der Waals surface area contributed by atoms with Crippen LogP contribution >= 0.6 is 11.3 Å². The summed E-state index contributed by atoms with van der Waals surface area (Å²) in [4.78, 5) is 36.0. The maximum absolute atomic E-state index is 13.8. The second-order valence-electron chi connectivity index (χ2n) is 8.58. The first-order valence-corrected chi connectivity index (χ1v) is 12.0. The first-order chi connectivity index (χ1) is 16.2. The number of imide groups is 1. The molecule has 1 aliphatic carbocycles. The fraction of sp³-hybridized carbons (Fsp3) is 0.269. The molecule has 3 heterocycles. The van der Waals surface area contributed by atoms with Crippen molar-refractivity contribution in [3.05, 3.63) is 82.2 Å². The van der Waals surface area contributed by atoms with Crippen molar-refractivity contribution < 1.29 is 14.4 Å². The van der Waals surface area contributed by atoms with E-state index in [1.54, 1.807) is 5.06 Å². The summed E-state index contributed by atoms with van der Waals surface area (Å²) < 4.78 is 0. The average molecular weight is 456 g/mol.